The van der Waals surface area contributed by atoms with Gasteiger partial charge in [-0.3, -0.25) is 0 Å². The second-order valence-corrected chi connectivity index (χ2v) is 8.91. The summed E-state index contributed by atoms with van der Waals surface area (Å²) >= 11 is 0. The fraction of sp³-hybridized carbons (Fsp3) is 0.600. The molecule has 0 amide bonds. The highest BCUT2D eigenvalue weighted by atomic mass is 15.0. The lowest BCUT2D eigenvalue weighted by Crippen LogP contribution is -2.20. The summed E-state index contributed by atoms with van der Waals surface area (Å²) in [5.74, 6) is 0.971. The van der Waals surface area contributed by atoms with E-state index >= 15 is 0 Å². The van der Waals surface area contributed by atoms with Crippen LogP contribution in [0.1, 0.15) is 89.4 Å². The van der Waals surface area contributed by atoms with Crippen LogP contribution in [-0.4, -0.2) is 16.0 Å². The van der Waals surface area contributed by atoms with Crippen molar-refractivity contribution in [3.8, 4) is 11.3 Å². The van der Waals surface area contributed by atoms with Gasteiger partial charge >= 0.3 is 0 Å². The number of anilines is 1. The summed E-state index contributed by atoms with van der Waals surface area (Å²) in [6.07, 6.45) is 3.95. The lowest BCUT2D eigenvalue weighted by atomic mass is 9.83. The summed E-state index contributed by atoms with van der Waals surface area (Å²) in [5.41, 5.74) is 8.56. The molecule has 0 spiro atoms. The molecule has 0 aliphatic rings. The third-order valence-electron chi connectivity index (χ3n) is 5.67. The molecule has 154 valence electrons. The van der Waals surface area contributed by atoms with E-state index in [1.54, 1.807) is 0 Å². The fourth-order valence-corrected chi connectivity index (χ4v) is 3.77. The number of nitrogens with one attached hydrogen (secondary N) is 1. The first kappa shape index (κ1) is 22.4. The van der Waals surface area contributed by atoms with E-state index in [2.05, 4.69) is 79.8 Å². The van der Waals surface area contributed by atoms with Crippen LogP contribution >= 0.6 is 0 Å². The van der Waals surface area contributed by atoms with E-state index in [1.165, 1.54) is 22.3 Å². The van der Waals surface area contributed by atoms with Crippen molar-refractivity contribution in [3.05, 3.63) is 40.2 Å². The molecule has 28 heavy (non-hydrogen) atoms. The Morgan fingerprint density at radius 1 is 0.857 bits per heavy atom. The molecule has 0 unspecified atom stereocenters. The predicted octanol–water partition coefficient (Wildman–Crippen LogP) is 6.78. The van der Waals surface area contributed by atoms with Crippen molar-refractivity contribution >= 4 is 5.82 Å². The molecular formula is C25H39N3. The number of aromatic nitrogens is 2. The van der Waals surface area contributed by atoms with Gasteiger partial charge in [-0.05, 0) is 61.6 Å². The van der Waals surface area contributed by atoms with Crippen LogP contribution < -0.4 is 5.32 Å². The van der Waals surface area contributed by atoms with Gasteiger partial charge in [0.2, 0.25) is 0 Å². The average Bonchev–Trinajstić information content (AvgIpc) is 2.64. The van der Waals surface area contributed by atoms with Crippen molar-refractivity contribution in [1.29, 1.82) is 0 Å². The zero-order chi connectivity index (χ0) is 21.1. The minimum absolute atomic E-state index is 0.144. The standard InChI is InChI=1S/C25H39N3/c1-10-19(11-2)26-24-21(13-4)27-23(20(12-3)28-24)22-16(5)14-18(15-17(22)6)25(7,8)9/h14-15,19H,10-13H2,1-9H3,(H,26,28). The molecule has 0 aliphatic heterocycles. The number of hydrogen-bond acceptors (Lipinski definition) is 3. The lowest BCUT2D eigenvalue weighted by molar-refractivity contribution is 0.589. The second kappa shape index (κ2) is 9.07. The Labute approximate surface area is 172 Å². The molecule has 0 bridgehead atoms. The van der Waals surface area contributed by atoms with E-state index in [-0.39, 0.29) is 5.41 Å². The van der Waals surface area contributed by atoms with Crippen LogP contribution in [0.4, 0.5) is 5.82 Å². The SMILES string of the molecule is CCc1nc(-c2c(C)cc(C(C)(C)C)cc2C)c(CC)nc1NC(CC)CC. The van der Waals surface area contributed by atoms with Crippen LogP contribution in [-0.2, 0) is 18.3 Å². The summed E-state index contributed by atoms with van der Waals surface area (Å²) < 4.78 is 0. The van der Waals surface area contributed by atoms with Gasteiger partial charge in [0.05, 0.1) is 17.1 Å². The fourth-order valence-electron chi connectivity index (χ4n) is 3.77. The van der Waals surface area contributed by atoms with Gasteiger partial charge in [-0.15, -0.1) is 0 Å². The maximum atomic E-state index is 5.14. The second-order valence-electron chi connectivity index (χ2n) is 8.91. The van der Waals surface area contributed by atoms with E-state index < -0.39 is 0 Å². The zero-order valence-corrected chi connectivity index (χ0v) is 19.5. The van der Waals surface area contributed by atoms with Crippen LogP contribution in [0.2, 0.25) is 0 Å². The van der Waals surface area contributed by atoms with Gasteiger partial charge in [0.15, 0.2) is 0 Å². The third-order valence-corrected chi connectivity index (χ3v) is 5.67. The first-order valence-electron chi connectivity index (χ1n) is 10.9. The Morgan fingerprint density at radius 3 is 1.82 bits per heavy atom. The van der Waals surface area contributed by atoms with E-state index in [9.17, 15) is 0 Å². The van der Waals surface area contributed by atoms with Gasteiger partial charge in [-0.2, -0.15) is 0 Å². The summed E-state index contributed by atoms with van der Waals surface area (Å²) in [5, 5.41) is 3.64. The van der Waals surface area contributed by atoms with Crippen LogP contribution in [0.25, 0.3) is 11.3 Å². The summed E-state index contributed by atoms with van der Waals surface area (Å²) in [6, 6.07) is 5.10. The minimum Gasteiger partial charge on any atom is -0.366 e. The van der Waals surface area contributed by atoms with E-state index in [4.69, 9.17) is 9.97 Å². The van der Waals surface area contributed by atoms with Crippen molar-refractivity contribution in [2.75, 3.05) is 5.32 Å². The Morgan fingerprint density at radius 2 is 1.39 bits per heavy atom. The number of aryl methyl sites for hydroxylation is 4. The van der Waals surface area contributed by atoms with Crippen molar-refractivity contribution in [1.82, 2.24) is 9.97 Å². The normalized spacial score (nSPS) is 11.9. The Bertz CT molecular complexity index is 788. The molecule has 0 aliphatic carbocycles. The van der Waals surface area contributed by atoms with Gasteiger partial charge in [-0.25, -0.2) is 9.97 Å². The summed E-state index contributed by atoms with van der Waals surface area (Å²) in [6.45, 7) is 20.0. The Hall–Kier alpha value is -1.90. The van der Waals surface area contributed by atoms with Gasteiger partial charge in [-0.1, -0.05) is 60.6 Å². The summed E-state index contributed by atoms with van der Waals surface area (Å²) in [4.78, 5) is 10.2. The topological polar surface area (TPSA) is 37.8 Å². The zero-order valence-electron chi connectivity index (χ0n) is 19.5. The highest BCUT2D eigenvalue weighted by Gasteiger charge is 2.21. The molecule has 1 heterocycles. The lowest BCUT2D eigenvalue weighted by Gasteiger charge is -2.24. The largest absolute Gasteiger partial charge is 0.366 e. The van der Waals surface area contributed by atoms with Crippen LogP contribution in [0.5, 0.6) is 0 Å². The molecule has 0 fully saturated rings. The number of benzene rings is 1. The first-order valence-corrected chi connectivity index (χ1v) is 10.9. The molecular weight excluding hydrogens is 342 g/mol. The first-order chi connectivity index (χ1) is 13.2. The molecule has 1 aromatic heterocycles. The molecule has 0 radical (unpaired) electrons. The smallest absolute Gasteiger partial charge is 0.148 e. The van der Waals surface area contributed by atoms with Crippen LogP contribution in [0, 0.1) is 13.8 Å². The van der Waals surface area contributed by atoms with Gasteiger partial charge < -0.3 is 5.32 Å². The minimum atomic E-state index is 0.144. The monoisotopic (exact) mass is 381 g/mol. The van der Waals surface area contributed by atoms with Crippen molar-refractivity contribution in [3.63, 3.8) is 0 Å². The van der Waals surface area contributed by atoms with Gasteiger partial charge in [0, 0.05) is 11.6 Å². The maximum absolute atomic E-state index is 5.14. The number of hydrogen-bond donors (Lipinski definition) is 1. The predicted molar refractivity (Wildman–Crippen MR) is 122 cm³/mol. The average molecular weight is 382 g/mol. The van der Waals surface area contributed by atoms with Crippen LogP contribution in [0.15, 0.2) is 12.1 Å². The van der Waals surface area contributed by atoms with Crippen LogP contribution in [0.3, 0.4) is 0 Å². The Balaban J connectivity index is 2.63. The highest BCUT2D eigenvalue weighted by molar-refractivity contribution is 5.71. The van der Waals surface area contributed by atoms with Gasteiger partial charge in [0.25, 0.3) is 0 Å². The maximum Gasteiger partial charge on any atom is 0.148 e. The van der Waals surface area contributed by atoms with E-state index in [0.717, 1.165) is 48.6 Å². The van der Waals surface area contributed by atoms with Crippen molar-refractivity contribution in [2.45, 2.75) is 99.5 Å². The molecule has 1 aromatic carbocycles. The molecule has 2 aromatic rings. The third kappa shape index (κ3) is 4.74. The van der Waals surface area contributed by atoms with E-state index in [0.29, 0.717) is 6.04 Å². The highest BCUT2D eigenvalue weighted by Crippen LogP contribution is 2.34. The van der Waals surface area contributed by atoms with Crippen molar-refractivity contribution < 1.29 is 0 Å². The van der Waals surface area contributed by atoms with Crippen molar-refractivity contribution in [2.24, 2.45) is 0 Å². The molecule has 0 atom stereocenters. The molecule has 0 saturated carbocycles. The summed E-state index contributed by atoms with van der Waals surface area (Å²) in [7, 11) is 0. The van der Waals surface area contributed by atoms with Gasteiger partial charge in [0.1, 0.15) is 5.82 Å². The van der Waals surface area contributed by atoms with E-state index in [1.807, 2.05) is 0 Å². The molecule has 2 rings (SSSR count). The molecule has 3 heteroatoms. The number of rotatable bonds is 7. The molecule has 0 saturated heterocycles. The Kier molecular flexibility index (Phi) is 7.25. The molecule has 3 nitrogen and oxygen atoms in total. The quantitative estimate of drug-likeness (QED) is 0.574. The molecule has 1 N–H and O–H groups in total. The number of nitrogens with zero attached hydrogens (tertiary/aromatic N) is 2.